The highest BCUT2D eigenvalue weighted by Gasteiger charge is 2.24. The van der Waals surface area contributed by atoms with Crippen molar-refractivity contribution in [1.82, 2.24) is 14.7 Å². The molecule has 7 heteroatoms. The quantitative estimate of drug-likeness (QED) is 0.315. The van der Waals surface area contributed by atoms with E-state index in [-0.39, 0.29) is 5.91 Å². The Kier molecular flexibility index (Phi) is 7.80. The smallest absolute Gasteiger partial charge is 0.254 e. The van der Waals surface area contributed by atoms with Crippen molar-refractivity contribution in [3.8, 4) is 23.1 Å². The lowest BCUT2D eigenvalue weighted by Gasteiger charge is -2.23. The van der Waals surface area contributed by atoms with Crippen LogP contribution in [0, 0.1) is 6.92 Å². The molecule has 0 saturated heterocycles. The van der Waals surface area contributed by atoms with Gasteiger partial charge in [0.25, 0.3) is 5.91 Å². The molecule has 0 aliphatic heterocycles. The second-order valence-electron chi connectivity index (χ2n) is 7.98. The monoisotopic (exact) mass is 471 g/mol. The molecule has 3 aromatic carbocycles. The molecule has 0 saturated carbocycles. The fourth-order valence-electron chi connectivity index (χ4n) is 3.75. The van der Waals surface area contributed by atoms with Crippen LogP contribution in [0.2, 0.25) is 0 Å². The second-order valence-corrected chi connectivity index (χ2v) is 7.98. The minimum Gasteiger partial charge on any atom is -0.497 e. The third-order valence-electron chi connectivity index (χ3n) is 5.62. The Bertz CT molecular complexity index is 1260. The molecule has 0 radical (unpaired) electrons. The van der Waals surface area contributed by atoms with E-state index in [2.05, 4.69) is 0 Å². The van der Waals surface area contributed by atoms with Gasteiger partial charge in [-0.05, 0) is 43.3 Å². The Labute approximate surface area is 205 Å². The number of methoxy groups -OCH3 is 2. The van der Waals surface area contributed by atoms with Gasteiger partial charge in [0.05, 0.1) is 37.2 Å². The fourth-order valence-corrected chi connectivity index (χ4v) is 3.75. The zero-order chi connectivity index (χ0) is 24.6. The molecule has 0 N–H and O–H groups in total. The summed E-state index contributed by atoms with van der Waals surface area (Å²) in [5.74, 6) is 1.76. The van der Waals surface area contributed by atoms with Crippen LogP contribution in [0.5, 0.6) is 17.4 Å². The number of amides is 1. The van der Waals surface area contributed by atoms with E-state index >= 15 is 0 Å². The largest absolute Gasteiger partial charge is 0.497 e. The van der Waals surface area contributed by atoms with Crippen LogP contribution in [0.1, 0.15) is 21.6 Å². The van der Waals surface area contributed by atoms with Crippen LogP contribution in [0.15, 0.2) is 84.9 Å². The van der Waals surface area contributed by atoms with Crippen LogP contribution in [-0.2, 0) is 11.3 Å². The molecule has 0 aliphatic rings. The highest BCUT2D eigenvalue weighted by molar-refractivity contribution is 5.94. The molecule has 1 aromatic heterocycles. The molecular weight excluding hydrogens is 442 g/mol. The average Bonchev–Trinajstić information content (AvgIpc) is 3.21. The molecule has 0 aliphatic carbocycles. The predicted molar refractivity (Wildman–Crippen MR) is 134 cm³/mol. The normalized spacial score (nSPS) is 10.7. The number of benzene rings is 3. The van der Waals surface area contributed by atoms with Gasteiger partial charge in [-0.15, -0.1) is 0 Å². The van der Waals surface area contributed by atoms with Crippen LogP contribution < -0.4 is 9.47 Å². The predicted octanol–water partition coefficient (Wildman–Crippen LogP) is 5.27. The van der Waals surface area contributed by atoms with Crippen molar-refractivity contribution in [2.45, 2.75) is 13.5 Å². The Balaban J connectivity index is 1.75. The Morgan fingerprint density at radius 1 is 0.914 bits per heavy atom. The molecule has 0 spiro atoms. The van der Waals surface area contributed by atoms with Crippen LogP contribution in [0.4, 0.5) is 0 Å². The highest BCUT2D eigenvalue weighted by Crippen LogP contribution is 2.33. The van der Waals surface area contributed by atoms with Gasteiger partial charge in [0, 0.05) is 25.3 Å². The topological polar surface area (TPSA) is 65.8 Å². The summed E-state index contributed by atoms with van der Waals surface area (Å²) in [5, 5.41) is 4.78. The van der Waals surface area contributed by atoms with Gasteiger partial charge in [-0.3, -0.25) is 4.79 Å². The molecule has 4 rings (SSSR count). The maximum Gasteiger partial charge on any atom is 0.254 e. The van der Waals surface area contributed by atoms with E-state index in [9.17, 15) is 4.79 Å². The molecule has 4 aromatic rings. The van der Waals surface area contributed by atoms with E-state index in [4.69, 9.17) is 19.3 Å². The number of nitrogens with zero attached hydrogens (tertiary/aromatic N) is 3. The Morgan fingerprint density at radius 2 is 1.60 bits per heavy atom. The van der Waals surface area contributed by atoms with Crippen molar-refractivity contribution >= 4 is 5.91 Å². The Hall–Kier alpha value is -4.10. The first-order valence-corrected chi connectivity index (χ1v) is 11.4. The van der Waals surface area contributed by atoms with Gasteiger partial charge >= 0.3 is 0 Å². The van der Waals surface area contributed by atoms with Crippen molar-refractivity contribution in [1.29, 1.82) is 0 Å². The highest BCUT2D eigenvalue weighted by atomic mass is 16.5. The average molecular weight is 472 g/mol. The molecule has 0 atom stereocenters. The van der Waals surface area contributed by atoms with Crippen molar-refractivity contribution in [3.05, 3.63) is 102 Å². The van der Waals surface area contributed by atoms with Crippen molar-refractivity contribution < 1.29 is 19.0 Å². The first-order chi connectivity index (χ1) is 17.1. The molecule has 7 nitrogen and oxygen atoms in total. The van der Waals surface area contributed by atoms with E-state index in [0.29, 0.717) is 42.6 Å². The summed E-state index contributed by atoms with van der Waals surface area (Å²) in [4.78, 5) is 15.1. The summed E-state index contributed by atoms with van der Waals surface area (Å²) in [7, 11) is 3.24. The summed E-state index contributed by atoms with van der Waals surface area (Å²) >= 11 is 0. The molecule has 35 heavy (non-hydrogen) atoms. The van der Waals surface area contributed by atoms with Crippen molar-refractivity contribution in [3.63, 3.8) is 0 Å². The SMILES string of the molecule is COCCN(Cc1c(C)nn(-c2ccccc2)c1Oc1cccc(OC)c1)C(=O)c1ccccc1. The number of ether oxygens (including phenoxy) is 3. The number of rotatable bonds is 10. The lowest BCUT2D eigenvalue weighted by atomic mass is 10.1. The summed E-state index contributed by atoms with van der Waals surface area (Å²) < 4.78 is 18.8. The first-order valence-electron chi connectivity index (χ1n) is 11.4. The number of aryl methyl sites for hydroxylation is 1. The minimum atomic E-state index is -0.0816. The van der Waals surface area contributed by atoms with Crippen LogP contribution in [0.3, 0.4) is 0 Å². The standard InChI is InChI=1S/C28H29N3O4/c1-21-26(20-30(17-18-33-2)27(32)22-11-6-4-7-12-22)28(31(29-21)23-13-8-5-9-14-23)35-25-16-10-15-24(19-25)34-3/h4-16,19H,17-18,20H2,1-3H3. The van der Waals surface area contributed by atoms with Crippen LogP contribution >= 0.6 is 0 Å². The minimum absolute atomic E-state index is 0.0816. The fraction of sp³-hybridized carbons (Fsp3) is 0.214. The summed E-state index contributed by atoms with van der Waals surface area (Å²) in [5.41, 5.74) is 3.07. The number of para-hydroxylation sites is 1. The van der Waals surface area contributed by atoms with E-state index in [0.717, 1.165) is 16.9 Å². The van der Waals surface area contributed by atoms with Crippen molar-refractivity contribution in [2.75, 3.05) is 27.4 Å². The van der Waals surface area contributed by atoms with Gasteiger partial charge in [0.15, 0.2) is 0 Å². The molecule has 1 heterocycles. The number of aromatic nitrogens is 2. The maximum absolute atomic E-state index is 13.4. The van der Waals surface area contributed by atoms with E-state index < -0.39 is 0 Å². The molecular formula is C28H29N3O4. The number of carbonyl (C=O) groups is 1. The van der Waals surface area contributed by atoms with Gasteiger partial charge < -0.3 is 19.1 Å². The lowest BCUT2D eigenvalue weighted by molar-refractivity contribution is 0.0679. The van der Waals surface area contributed by atoms with Crippen LogP contribution in [0.25, 0.3) is 5.69 Å². The second kappa shape index (κ2) is 11.4. The maximum atomic E-state index is 13.4. The van der Waals surface area contributed by atoms with E-state index in [1.165, 1.54) is 0 Å². The molecule has 180 valence electrons. The zero-order valence-electron chi connectivity index (χ0n) is 20.2. The molecule has 0 unspecified atom stereocenters. The molecule has 0 fully saturated rings. The first kappa shape index (κ1) is 24.0. The Morgan fingerprint density at radius 3 is 2.29 bits per heavy atom. The van der Waals surface area contributed by atoms with E-state index in [1.807, 2.05) is 91.9 Å². The third kappa shape index (κ3) is 5.70. The van der Waals surface area contributed by atoms with Gasteiger partial charge in [-0.25, -0.2) is 4.68 Å². The lowest BCUT2D eigenvalue weighted by Crippen LogP contribution is -2.33. The van der Waals surface area contributed by atoms with Crippen LogP contribution in [-0.4, -0.2) is 48.0 Å². The van der Waals surface area contributed by atoms with Gasteiger partial charge in [0.1, 0.15) is 11.5 Å². The molecule has 0 bridgehead atoms. The van der Waals surface area contributed by atoms with E-state index in [1.54, 1.807) is 23.8 Å². The number of hydrogen-bond acceptors (Lipinski definition) is 5. The van der Waals surface area contributed by atoms with Gasteiger partial charge in [-0.1, -0.05) is 42.5 Å². The van der Waals surface area contributed by atoms with Gasteiger partial charge in [0.2, 0.25) is 5.88 Å². The third-order valence-corrected chi connectivity index (χ3v) is 5.62. The zero-order valence-corrected chi connectivity index (χ0v) is 20.2. The van der Waals surface area contributed by atoms with Gasteiger partial charge in [-0.2, -0.15) is 5.10 Å². The molecule has 1 amide bonds. The number of carbonyl (C=O) groups excluding carboxylic acids is 1. The number of hydrogen-bond donors (Lipinski definition) is 0. The summed E-state index contributed by atoms with van der Waals surface area (Å²) in [6.45, 7) is 3.08. The van der Waals surface area contributed by atoms with Crippen molar-refractivity contribution in [2.24, 2.45) is 0 Å². The summed E-state index contributed by atoms with van der Waals surface area (Å²) in [6.07, 6.45) is 0. The summed E-state index contributed by atoms with van der Waals surface area (Å²) in [6, 6.07) is 26.4.